The topological polar surface area (TPSA) is 264 Å². The number of carbonyl (C=O) groups excluding carboxylic acids is 4. The van der Waals surface area contributed by atoms with Gasteiger partial charge < -0.3 is 54.7 Å². The zero-order chi connectivity index (χ0) is 59.8. The van der Waals surface area contributed by atoms with E-state index in [1.54, 1.807) is 22.3 Å². The minimum Gasteiger partial charge on any atom is -0.491 e. The van der Waals surface area contributed by atoms with E-state index in [1.165, 1.54) is 33.8 Å². The molecule has 0 radical (unpaired) electrons. The van der Waals surface area contributed by atoms with E-state index in [-0.39, 0.29) is 88.8 Å². The summed E-state index contributed by atoms with van der Waals surface area (Å²) in [5, 5.41) is 44.6. The predicted octanol–water partition coefficient (Wildman–Crippen LogP) is 6.50. The van der Waals surface area contributed by atoms with Crippen LogP contribution in [0.1, 0.15) is 83.5 Å². The number of likely N-dealkylation sites (tertiary alicyclic amines) is 1. The Kier molecular flexibility index (Phi) is 22.6. The number of benzene rings is 1. The Morgan fingerprint density at radius 1 is 0.905 bits per heavy atom. The number of aliphatic hydroxyl groups is 1. The second-order valence-corrected chi connectivity index (χ2v) is 23.9. The van der Waals surface area contributed by atoms with E-state index in [4.69, 9.17) is 23.9 Å². The molecule has 84 heavy (non-hydrogen) atoms. The highest BCUT2D eigenvalue weighted by Gasteiger charge is 2.44. The first-order valence-corrected chi connectivity index (χ1v) is 30.2. The Labute approximate surface area is 497 Å². The average molecular weight is 1190 g/mol. The molecule has 2 fully saturated rings. The number of pyridine rings is 1. The van der Waals surface area contributed by atoms with Crippen molar-refractivity contribution in [3.63, 3.8) is 0 Å². The second kappa shape index (κ2) is 30.2. The van der Waals surface area contributed by atoms with Gasteiger partial charge in [0.2, 0.25) is 22.9 Å². The summed E-state index contributed by atoms with van der Waals surface area (Å²) in [5.74, 6) is -0.440. The number of Topliss-reactive ketones (excluding diaryl/α,β-unsaturated/α-hetero) is 1. The molecule has 0 aliphatic carbocycles. The first kappa shape index (κ1) is 63.0. The van der Waals surface area contributed by atoms with E-state index < -0.39 is 36.2 Å². The number of thiazole rings is 1. The molecule has 7 heterocycles. The molecule has 8 rings (SSSR count). The number of carbonyl (C=O) groups is 4. The summed E-state index contributed by atoms with van der Waals surface area (Å²) in [5.41, 5.74) is 8.25. The SMILES string of the molecule is Cc1ncsc1-c1ccc(CNCC(=O)[C@@H]2C[C@@H](O)CN2C(=O)[C@@H](NC(=O)CCCCF)C(C)(C)C)c(OCCOCCOCCOCCC(=O)N2CCN(c3nnc(-c4cnc(-c5ccc6cc(C#N)cnn56)cc4NC(C)C)s3)CC2)c1. The van der Waals surface area contributed by atoms with Gasteiger partial charge in [-0.1, -0.05) is 44.2 Å². The van der Waals surface area contributed by atoms with Gasteiger partial charge in [-0.3, -0.25) is 28.6 Å². The number of aliphatic hydroxyl groups excluding tert-OH is 1. The van der Waals surface area contributed by atoms with Gasteiger partial charge >= 0.3 is 0 Å². The van der Waals surface area contributed by atoms with Crippen LogP contribution in [0.15, 0.2) is 60.4 Å². The summed E-state index contributed by atoms with van der Waals surface area (Å²) in [6.07, 6.45) is 3.49. The number of hydrogen-bond acceptors (Lipinski definition) is 20. The fraction of sp³-hybridized carbons (Fsp3) is 0.525. The third-order valence-corrected chi connectivity index (χ3v) is 16.3. The minimum atomic E-state index is -0.942. The highest BCUT2D eigenvalue weighted by molar-refractivity contribution is 7.18. The number of alkyl halides is 1. The van der Waals surface area contributed by atoms with Gasteiger partial charge in [-0.05, 0) is 74.9 Å². The molecule has 1 aromatic carbocycles. The molecule has 0 spiro atoms. The van der Waals surface area contributed by atoms with Crippen LogP contribution < -0.4 is 25.6 Å². The number of aromatic nitrogens is 6. The summed E-state index contributed by atoms with van der Waals surface area (Å²) in [6.45, 7) is 15.7. The van der Waals surface area contributed by atoms with Crippen molar-refractivity contribution in [1.82, 2.24) is 50.2 Å². The monoisotopic (exact) mass is 1190 g/mol. The number of ketones is 1. The van der Waals surface area contributed by atoms with Crippen LogP contribution in [0.5, 0.6) is 5.75 Å². The minimum absolute atomic E-state index is 0.0294. The number of anilines is 2. The quantitative estimate of drug-likeness (QED) is 0.0351. The number of nitriles is 1. The number of piperazine rings is 1. The molecule has 6 aromatic rings. The predicted molar refractivity (Wildman–Crippen MR) is 318 cm³/mol. The van der Waals surface area contributed by atoms with Crippen molar-refractivity contribution in [1.29, 1.82) is 5.26 Å². The molecule has 3 atom stereocenters. The van der Waals surface area contributed by atoms with Crippen LogP contribution in [0, 0.1) is 23.7 Å². The maximum atomic E-state index is 13.9. The Morgan fingerprint density at radius 3 is 2.36 bits per heavy atom. The zero-order valence-corrected chi connectivity index (χ0v) is 50.2. The molecule has 22 nitrogen and oxygen atoms in total. The Hall–Kier alpha value is -7.05. The van der Waals surface area contributed by atoms with Crippen molar-refractivity contribution in [3.8, 4) is 44.2 Å². The van der Waals surface area contributed by atoms with Gasteiger partial charge in [0.05, 0.1) is 122 Å². The number of hydrogen-bond donors (Lipinski definition) is 4. The van der Waals surface area contributed by atoms with Crippen molar-refractivity contribution in [2.75, 3.05) is 102 Å². The van der Waals surface area contributed by atoms with E-state index in [0.29, 0.717) is 70.3 Å². The lowest BCUT2D eigenvalue weighted by molar-refractivity contribution is -0.143. The van der Waals surface area contributed by atoms with Crippen LogP contribution in [0.2, 0.25) is 0 Å². The molecular formula is C59H76FN13O9S2. The van der Waals surface area contributed by atoms with Crippen LogP contribution >= 0.6 is 22.7 Å². The van der Waals surface area contributed by atoms with Gasteiger partial charge in [-0.25, -0.2) is 9.50 Å². The molecule has 25 heteroatoms. The standard InChI is InChI=1S/C59H76FN13O9S2/c1-38(2)66-46-30-47(48-13-12-43-27-40(31-61)32-65-73(43)48)63-34-45(46)56-68-69-58(84-56)71-18-16-70(17-19-71)53(77)14-20-79-21-22-80-23-24-81-25-26-82-51-28-41(54-39(3)64-37-83-54)10-11-42(51)33-62-35-50(75)49-29-44(74)36-72(49)57(78)55(59(4,5)6)67-52(76)9-7-8-15-60/h10-13,27-28,30,32,34,37-38,44,49,55,62,74H,7-9,14-26,29,33,35-36H2,1-6H3,(H,63,66)(H,67,76)/t44-,49+,55-/m1/s1. The lowest BCUT2D eigenvalue weighted by atomic mass is 9.85. The average Bonchev–Trinajstić information content (AvgIpc) is 3.05. The van der Waals surface area contributed by atoms with Gasteiger partial charge in [0.1, 0.15) is 24.5 Å². The first-order chi connectivity index (χ1) is 40.5. The van der Waals surface area contributed by atoms with Crippen LogP contribution in [0.3, 0.4) is 0 Å². The van der Waals surface area contributed by atoms with Crippen molar-refractivity contribution in [2.45, 2.75) is 104 Å². The number of aryl methyl sites for hydroxylation is 1. The lowest BCUT2D eigenvalue weighted by Crippen LogP contribution is -2.57. The normalized spacial score (nSPS) is 15.9. The highest BCUT2D eigenvalue weighted by atomic mass is 32.1. The summed E-state index contributed by atoms with van der Waals surface area (Å²) in [6, 6.07) is 13.9. The molecule has 2 saturated heterocycles. The first-order valence-electron chi connectivity index (χ1n) is 28.5. The van der Waals surface area contributed by atoms with E-state index >= 15 is 0 Å². The van der Waals surface area contributed by atoms with E-state index in [1.807, 2.05) is 69.0 Å². The van der Waals surface area contributed by atoms with Gasteiger partial charge in [0, 0.05) is 75.6 Å². The van der Waals surface area contributed by atoms with Crippen LogP contribution in [-0.4, -0.2) is 185 Å². The third kappa shape index (κ3) is 16.9. The van der Waals surface area contributed by atoms with E-state index in [2.05, 4.69) is 61.0 Å². The van der Waals surface area contributed by atoms with Crippen molar-refractivity contribution >= 4 is 62.5 Å². The molecule has 0 bridgehead atoms. The molecule has 4 N–H and O–H groups in total. The maximum Gasteiger partial charge on any atom is 0.246 e. The number of halogens is 1. The number of unbranched alkanes of at least 4 members (excludes halogenated alkanes) is 1. The molecular weight excluding hydrogens is 1120 g/mol. The van der Waals surface area contributed by atoms with Crippen LogP contribution in [0.4, 0.5) is 15.2 Å². The molecule has 450 valence electrons. The molecule has 0 saturated carbocycles. The molecule has 2 aliphatic rings. The second-order valence-electron chi connectivity index (χ2n) is 22.1. The Balaban J connectivity index is 0.718. The van der Waals surface area contributed by atoms with Crippen LogP contribution in [-0.2, 0) is 39.9 Å². The number of nitrogens with zero attached hydrogens (tertiary/aromatic N) is 10. The summed E-state index contributed by atoms with van der Waals surface area (Å²) >= 11 is 3.01. The number of nitrogens with one attached hydrogen (secondary N) is 3. The molecule has 2 aliphatic heterocycles. The van der Waals surface area contributed by atoms with Crippen molar-refractivity contribution in [2.24, 2.45) is 5.41 Å². The molecule has 3 amide bonds. The number of rotatable bonds is 30. The highest BCUT2D eigenvalue weighted by Crippen LogP contribution is 2.37. The number of ether oxygens (including phenoxy) is 4. The summed E-state index contributed by atoms with van der Waals surface area (Å²) in [4.78, 5) is 69.1. The van der Waals surface area contributed by atoms with E-state index in [0.717, 1.165) is 60.0 Å². The van der Waals surface area contributed by atoms with Crippen molar-refractivity contribution in [3.05, 3.63) is 77.2 Å². The largest absolute Gasteiger partial charge is 0.491 e. The molecule has 0 unspecified atom stereocenters. The van der Waals surface area contributed by atoms with Gasteiger partial charge in [0.25, 0.3) is 0 Å². The van der Waals surface area contributed by atoms with Crippen molar-refractivity contribution < 1.29 is 47.6 Å². The van der Waals surface area contributed by atoms with Gasteiger partial charge in [-0.15, -0.1) is 21.5 Å². The number of fused-ring (bicyclic) bond motifs is 1. The van der Waals surface area contributed by atoms with E-state index in [9.17, 15) is 33.9 Å². The van der Waals surface area contributed by atoms with Gasteiger partial charge in [0.15, 0.2) is 10.8 Å². The third-order valence-electron chi connectivity index (χ3n) is 14.3. The summed E-state index contributed by atoms with van der Waals surface area (Å²) < 4.78 is 38.0. The van der Waals surface area contributed by atoms with Crippen LogP contribution in [0.25, 0.3) is 37.9 Å². The fourth-order valence-corrected chi connectivity index (χ4v) is 11.6. The fourth-order valence-electron chi connectivity index (χ4n) is 9.90. The maximum absolute atomic E-state index is 13.9. The number of β-amino-alcohol motifs (C(OH)–C–C–N with tert-alkyl or cyclic N) is 1. The summed E-state index contributed by atoms with van der Waals surface area (Å²) in [7, 11) is 0. The zero-order valence-electron chi connectivity index (χ0n) is 48.6. The number of amides is 3. The smallest absolute Gasteiger partial charge is 0.246 e. The Morgan fingerprint density at radius 2 is 1.65 bits per heavy atom. The molecule has 5 aromatic heterocycles. The van der Waals surface area contributed by atoms with Gasteiger partial charge in [-0.2, -0.15) is 10.4 Å². The Bertz CT molecular complexity index is 3220. The lowest BCUT2D eigenvalue weighted by Gasteiger charge is -2.35.